The van der Waals surface area contributed by atoms with Crippen molar-refractivity contribution >= 4 is 11.6 Å². The fourth-order valence-corrected chi connectivity index (χ4v) is 1.46. The predicted octanol–water partition coefficient (Wildman–Crippen LogP) is 1.24. The summed E-state index contributed by atoms with van der Waals surface area (Å²) < 4.78 is 0. The maximum atomic E-state index is 6.12. The zero-order chi connectivity index (χ0) is 10.7. The molecule has 0 bridgehead atoms. The second kappa shape index (κ2) is 4.37. The Labute approximate surface area is 91.9 Å². The van der Waals surface area contributed by atoms with Crippen molar-refractivity contribution < 1.29 is 0 Å². The fourth-order valence-electron chi connectivity index (χ4n) is 1.23. The summed E-state index contributed by atoms with van der Waals surface area (Å²) in [5.41, 5.74) is 1.42. The van der Waals surface area contributed by atoms with Crippen molar-refractivity contribution in [2.24, 2.45) is 0 Å². The highest BCUT2D eigenvalue weighted by molar-refractivity contribution is 6.33. The molecule has 2 N–H and O–H groups in total. The van der Waals surface area contributed by atoms with Crippen LogP contribution in [-0.4, -0.2) is 27.2 Å². The zero-order valence-electron chi connectivity index (χ0n) is 8.16. The first-order chi connectivity index (χ1) is 7.33. The summed E-state index contributed by atoms with van der Waals surface area (Å²) >= 11 is 6.12. The molecule has 0 saturated carbocycles. The van der Waals surface area contributed by atoms with E-state index in [1.807, 2.05) is 7.05 Å². The van der Waals surface area contributed by atoms with Crippen molar-refractivity contribution in [2.75, 3.05) is 7.05 Å². The number of hydrogen-bond acceptors (Lipinski definition) is 4. The van der Waals surface area contributed by atoms with E-state index in [9.17, 15) is 0 Å². The highest BCUT2D eigenvalue weighted by atomic mass is 35.5. The van der Waals surface area contributed by atoms with Crippen LogP contribution in [-0.2, 0) is 6.54 Å². The molecular weight excluding hydrogens is 214 g/mol. The van der Waals surface area contributed by atoms with Crippen molar-refractivity contribution in [3.8, 4) is 11.5 Å². The minimum Gasteiger partial charge on any atom is -0.314 e. The number of nitrogens with one attached hydrogen (secondary N) is 2. The summed E-state index contributed by atoms with van der Waals surface area (Å²) in [6.45, 7) is 0.638. The van der Waals surface area contributed by atoms with Crippen LogP contribution in [0.25, 0.3) is 11.5 Å². The number of aromatic amines is 1. The second-order valence-corrected chi connectivity index (χ2v) is 3.35. The third-order valence-electron chi connectivity index (χ3n) is 1.91. The molecule has 78 valence electrons. The first-order valence-corrected chi connectivity index (χ1v) is 4.85. The van der Waals surface area contributed by atoms with Crippen molar-refractivity contribution in [3.63, 3.8) is 0 Å². The predicted molar refractivity (Wildman–Crippen MR) is 57.4 cm³/mol. The molecule has 0 aliphatic heterocycles. The number of nitrogens with zero attached hydrogens (tertiary/aromatic N) is 3. The molecule has 0 aliphatic carbocycles. The third kappa shape index (κ3) is 1.98. The molecule has 2 heterocycles. The molecule has 0 spiro atoms. The van der Waals surface area contributed by atoms with Gasteiger partial charge in [0.25, 0.3) is 0 Å². The molecule has 2 aromatic rings. The van der Waals surface area contributed by atoms with Gasteiger partial charge in [-0.2, -0.15) is 5.10 Å². The van der Waals surface area contributed by atoms with Crippen LogP contribution in [0.1, 0.15) is 5.69 Å². The molecular formula is C9H10ClN5. The second-order valence-electron chi connectivity index (χ2n) is 2.97. The standard InChI is InChI=1S/C9H10ClN5/c1-11-5-6-7(10)8(15-14-6)9-12-3-2-4-13-9/h2-4,11H,5H2,1H3,(H,14,15). The molecule has 0 aromatic carbocycles. The van der Waals surface area contributed by atoms with E-state index in [2.05, 4.69) is 25.5 Å². The van der Waals surface area contributed by atoms with Gasteiger partial charge in [-0.3, -0.25) is 5.10 Å². The summed E-state index contributed by atoms with van der Waals surface area (Å²) in [5, 5.41) is 10.5. The van der Waals surface area contributed by atoms with Crippen LogP contribution >= 0.6 is 11.6 Å². The molecule has 2 aromatic heterocycles. The van der Waals surface area contributed by atoms with Gasteiger partial charge in [-0.05, 0) is 13.1 Å². The monoisotopic (exact) mass is 223 g/mol. The summed E-state index contributed by atoms with van der Waals surface area (Å²) in [4.78, 5) is 8.17. The Morgan fingerprint density at radius 1 is 1.40 bits per heavy atom. The van der Waals surface area contributed by atoms with Crippen molar-refractivity contribution in [2.45, 2.75) is 6.54 Å². The van der Waals surface area contributed by atoms with Gasteiger partial charge in [0.05, 0.1) is 10.7 Å². The van der Waals surface area contributed by atoms with E-state index < -0.39 is 0 Å². The smallest absolute Gasteiger partial charge is 0.181 e. The average Bonchev–Trinajstić information content (AvgIpc) is 2.63. The molecule has 15 heavy (non-hydrogen) atoms. The number of hydrogen-bond donors (Lipinski definition) is 2. The zero-order valence-corrected chi connectivity index (χ0v) is 8.91. The molecule has 0 atom stereocenters. The van der Waals surface area contributed by atoms with Gasteiger partial charge in [0, 0.05) is 18.9 Å². The van der Waals surface area contributed by atoms with E-state index >= 15 is 0 Å². The van der Waals surface area contributed by atoms with Gasteiger partial charge in [-0.25, -0.2) is 9.97 Å². The van der Waals surface area contributed by atoms with Gasteiger partial charge in [0.2, 0.25) is 0 Å². The minimum absolute atomic E-state index is 0.529. The minimum atomic E-state index is 0.529. The lowest BCUT2D eigenvalue weighted by molar-refractivity contribution is 0.784. The van der Waals surface area contributed by atoms with Crippen LogP contribution in [0.4, 0.5) is 0 Å². The van der Waals surface area contributed by atoms with E-state index in [1.54, 1.807) is 18.5 Å². The molecule has 2 rings (SSSR count). The van der Waals surface area contributed by atoms with E-state index in [-0.39, 0.29) is 0 Å². The van der Waals surface area contributed by atoms with E-state index in [1.165, 1.54) is 0 Å². The normalized spacial score (nSPS) is 10.5. The number of H-pyrrole nitrogens is 1. The van der Waals surface area contributed by atoms with Crippen LogP contribution in [0, 0.1) is 0 Å². The number of rotatable bonds is 3. The lowest BCUT2D eigenvalue weighted by Crippen LogP contribution is -2.05. The quantitative estimate of drug-likeness (QED) is 0.822. The van der Waals surface area contributed by atoms with Crippen LogP contribution in [0.2, 0.25) is 5.02 Å². The highest BCUT2D eigenvalue weighted by Crippen LogP contribution is 2.25. The van der Waals surface area contributed by atoms with E-state index in [4.69, 9.17) is 11.6 Å². The average molecular weight is 224 g/mol. The lowest BCUT2D eigenvalue weighted by atomic mass is 10.3. The SMILES string of the molecule is CNCc1[nH]nc(-c2ncccn2)c1Cl. The van der Waals surface area contributed by atoms with Gasteiger partial charge in [-0.15, -0.1) is 0 Å². The molecule has 0 fully saturated rings. The Morgan fingerprint density at radius 2 is 2.13 bits per heavy atom. The highest BCUT2D eigenvalue weighted by Gasteiger charge is 2.13. The van der Waals surface area contributed by atoms with E-state index in [0.717, 1.165) is 5.69 Å². The third-order valence-corrected chi connectivity index (χ3v) is 2.31. The topological polar surface area (TPSA) is 66.5 Å². The van der Waals surface area contributed by atoms with Crippen LogP contribution in [0.3, 0.4) is 0 Å². The van der Waals surface area contributed by atoms with Crippen LogP contribution < -0.4 is 5.32 Å². The molecule has 0 aliphatic rings. The van der Waals surface area contributed by atoms with Gasteiger partial charge in [0.15, 0.2) is 5.82 Å². The fraction of sp³-hybridized carbons (Fsp3) is 0.222. The summed E-state index contributed by atoms with van der Waals surface area (Å²) in [6.07, 6.45) is 3.32. The molecule has 0 unspecified atom stereocenters. The molecule has 6 heteroatoms. The Bertz CT molecular complexity index is 439. The maximum absolute atomic E-state index is 6.12. The Morgan fingerprint density at radius 3 is 2.80 bits per heavy atom. The molecule has 5 nitrogen and oxygen atoms in total. The van der Waals surface area contributed by atoms with Gasteiger partial charge < -0.3 is 5.32 Å². The number of halogens is 1. The molecule has 0 amide bonds. The van der Waals surface area contributed by atoms with Crippen molar-refractivity contribution in [3.05, 3.63) is 29.2 Å². The lowest BCUT2D eigenvalue weighted by Gasteiger charge is -1.96. The van der Waals surface area contributed by atoms with Crippen molar-refractivity contribution in [1.82, 2.24) is 25.5 Å². The van der Waals surface area contributed by atoms with Crippen LogP contribution in [0.15, 0.2) is 18.5 Å². The Kier molecular flexibility index (Phi) is 2.94. The van der Waals surface area contributed by atoms with E-state index in [0.29, 0.717) is 23.1 Å². The Hall–Kier alpha value is -1.46. The first kappa shape index (κ1) is 10.1. The Balaban J connectivity index is 2.38. The van der Waals surface area contributed by atoms with Crippen LogP contribution in [0.5, 0.6) is 0 Å². The van der Waals surface area contributed by atoms with Gasteiger partial charge >= 0.3 is 0 Å². The number of aromatic nitrogens is 4. The van der Waals surface area contributed by atoms with Gasteiger partial charge in [0.1, 0.15) is 5.69 Å². The summed E-state index contributed by atoms with van der Waals surface area (Å²) in [5.74, 6) is 0.529. The maximum Gasteiger partial charge on any atom is 0.181 e. The largest absolute Gasteiger partial charge is 0.314 e. The van der Waals surface area contributed by atoms with Gasteiger partial charge in [-0.1, -0.05) is 11.6 Å². The summed E-state index contributed by atoms with van der Waals surface area (Å²) in [6, 6.07) is 1.75. The molecule has 0 saturated heterocycles. The van der Waals surface area contributed by atoms with Crippen molar-refractivity contribution in [1.29, 1.82) is 0 Å². The summed E-state index contributed by atoms with van der Waals surface area (Å²) in [7, 11) is 1.84. The first-order valence-electron chi connectivity index (χ1n) is 4.47. The molecule has 0 radical (unpaired) electrons.